The molecule has 2 aromatic rings. The number of nitrogen functional groups attached to an aromatic ring is 1. The molecule has 5 heteroatoms. The molecule has 4 nitrogen and oxygen atoms in total. The number of hydrogen-bond donors (Lipinski definition) is 2. The summed E-state index contributed by atoms with van der Waals surface area (Å²) in [6, 6.07) is 5.51. The number of hydrogen-bond acceptors (Lipinski definition) is 4. The van der Waals surface area contributed by atoms with Crippen LogP contribution in [-0.4, -0.2) is 10.9 Å². The summed E-state index contributed by atoms with van der Waals surface area (Å²) < 4.78 is 0. The molecule has 0 spiro atoms. The van der Waals surface area contributed by atoms with Crippen molar-refractivity contribution in [3.8, 4) is 0 Å². The molecule has 1 heterocycles. The second kappa shape index (κ2) is 4.32. The van der Waals surface area contributed by atoms with Crippen LogP contribution >= 0.6 is 11.3 Å². The zero-order valence-corrected chi connectivity index (χ0v) is 9.54. The van der Waals surface area contributed by atoms with Crippen LogP contribution in [0.2, 0.25) is 0 Å². The van der Waals surface area contributed by atoms with E-state index in [1.54, 1.807) is 11.6 Å². The zero-order chi connectivity index (χ0) is 11.5. The molecule has 16 heavy (non-hydrogen) atoms. The minimum absolute atomic E-state index is 0.177. The number of aryl methyl sites for hydroxylation is 1. The number of carbonyl (C=O) groups excluding carboxylic acids is 1. The first-order chi connectivity index (χ1) is 7.68. The normalized spacial score (nSPS) is 10.1. The third kappa shape index (κ3) is 2.04. The number of aromatic nitrogens is 1. The molecule has 1 aromatic carbocycles. The molecule has 0 atom stereocenters. The molecule has 0 bridgehead atoms. The van der Waals surface area contributed by atoms with Crippen LogP contribution in [0.5, 0.6) is 0 Å². The average molecular weight is 233 g/mol. The van der Waals surface area contributed by atoms with E-state index in [-0.39, 0.29) is 5.91 Å². The van der Waals surface area contributed by atoms with Crippen LogP contribution in [-0.2, 0) is 0 Å². The summed E-state index contributed by atoms with van der Waals surface area (Å²) in [4.78, 5) is 16.2. The maximum atomic E-state index is 11.8. The average Bonchev–Trinajstić information content (AvgIpc) is 2.76. The number of para-hydroxylation sites is 1. The van der Waals surface area contributed by atoms with E-state index < -0.39 is 0 Å². The Labute approximate surface area is 97.1 Å². The highest BCUT2D eigenvalue weighted by Crippen LogP contribution is 2.23. The Kier molecular flexibility index (Phi) is 2.87. The van der Waals surface area contributed by atoms with Gasteiger partial charge in [0, 0.05) is 0 Å². The van der Waals surface area contributed by atoms with E-state index in [4.69, 9.17) is 5.73 Å². The first kappa shape index (κ1) is 10.6. The molecule has 0 unspecified atom stereocenters. The lowest BCUT2D eigenvalue weighted by atomic mass is 10.1. The highest BCUT2D eigenvalue weighted by atomic mass is 32.1. The number of nitrogens with zero attached hydrogens (tertiary/aromatic N) is 1. The van der Waals surface area contributed by atoms with Crippen molar-refractivity contribution < 1.29 is 4.79 Å². The molecule has 82 valence electrons. The van der Waals surface area contributed by atoms with Gasteiger partial charge in [-0.25, -0.2) is 0 Å². The van der Waals surface area contributed by atoms with Gasteiger partial charge >= 0.3 is 0 Å². The fourth-order valence-electron chi connectivity index (χ4n) is 1.36. The molecule has 0 aliphatic carbocycles. The highest BCUT2D eigenvalue weighted by Gasteiger charge is 2.10. The van der Waals surface area contributed by atoms with E-state index >= 15 is 0 Å². The fraction of sp³-hybridized carbons (Fsp3) is 0.0909. The fourth-order valence-corrected chi connectivity index (χ4v) is 1.88. The number of thiazole rings is 1. The Hall–Kier alpha value is -1.88. The van der Waals surface area contributed by atoms with Crippen LogP contribution in [0.25, 0.3) is 0 Å². The number of nitrogens with two attached hydrogens (primary N) is 1. The van der Waals surface area contributed by atoms with Gasteiger partial charge in [0.05, 0.1) is 23.1 Å². The third-order valence-corrected chi connectivity index (χ3v) is 2.97. The van der Waals surface area contributed by atoms with E-state index in [9.17, 15) is 4.79 Å². The summed E-state index contributed by atoms with van der Waals surface area (Å²) in [5.41, 5.74) is 9.59. The first-order valence-corrected chi connectivity index (χ1v) is 5.61. The van der Waals surface area contributed by atoms with Crippen molar-refractivity contribution in [1.29, 1.82) is 0 Å². The Morgan fingerprint density at radius 3 is 2.94 bits per heavy atom. The van der Waals surface area contributed by atoms with Gasteiger partial charge in [-0.3, -0.25) is 9.78 Å². The Morgan fingerprint density at radius 1 is 1.50 bits per heavy atom. The molecular weight excluding hydrogens is 222 g/mol. The number of anilines is 2. The van der Waals surface area contributed by atoms with Crippen LogP contribution in [0, 0.1) is 6.92 Å². The van der Waals surface area contributed by atoms with Crippen molar-refractivity contribution >= 4 is 28.6 Å². The molecule has 3 N–H and O–H groups in total. The summed E-state index contributed by atoms with van der Waals surface area (Å²) in [6.07, 6.45) is 1.54. The van der Waals surface area contributed by atoms with Gasteiger partial charge < -0.3 is 11.1 Å². The summed E-state index contributed by atoms with van der Waals surface area (Å²) in [6.45, 7) is 1.90. The number of carbonyl (C=O) groups is 1. The maximum absolute atomic E-state index is 11.8. The van der Waals surface area contributed by atoms with E-state index in [2.05, 4.69) is 10.3 Å². The Morgan fingerprint density at radius 2 is 2.31 bits per heavy atom. The van der Waals surface area contributed by atoms with Crippen molar-refractivity contribution in [2.24, 2.45) is 0 Å². The molecule has 0 saturated heterocycles. The van der Waals surface area contributed by atoms with E-state index in [1.165, 1.54) is 17.5 Å². The second-order valence-corrected chi connectivity index (χ2v) is 4.25. The molecule has 0 fully saturated rings. The van der Waals surface area contributed by atoms with Crippen LogP contribution in [0.15, 0.2) is 29.9 Å². The van der Waals surface area contributed by atoms with E-state index in [0.717, 1.165) is 5.56 Å². The van der Waals surface area contributed by atoms with Crippen LogP contribution < -0.4 is 11.1 Å². The number of amides is 1. The molecular formula is C11H11N3OS. The predicted octanol–water partition coefficient (Wildman–Crippen LogP) is 2.29. The molecule has 2 rings (SSSR count). The number of nitrogens with one attached hydrogen (secondary N) is 1. The SMILES string of the molecule is Cc1cccc(N)c1NC(=O)c1cncs1. The quantitative estimate of drug-likeness (QED) is 0.782. The maximum Gasteiger partial charge on any atom is 0.267 e. The lowest BCUT2D eigenvalue weighted by Crippen LogP contribution is -2.12. The standard InChI is InChI=1S/C11H11N3OS/c1-7-3-2-4-8(12)10(7)14-11(15)9-5-13-6-16-9/h2-6H,12H2,1H3,(H,14,15). The van der Waals surface area contributed by atoms with Gasteiger partial charge in [0.2, 0.25) is 0 Å². The van der Waals surface area contributed by atoms with Crippen molar-refractivity contribution in [3.63, 3.8) is 0 Å². The summed E-state index contributed by atoms with van der Waals surface area (Å²) in [5.74, 6) is -0.177. The van der Waals surface area contributed by atoms with E-state index in [1.807, 2.05) is 19.1 Å². The molecule has 0 saturated carbocycles. The van der Waals surface area contributed by atoms with Gasteiger partial charge in [-0.1, -0.05) is 12.1 Å². The van der Waals surface area contributed by atoms with Gasteiger partial charge in [0.25, 0.3) is 5.91 Å². The summed E-state index contributed by atoms with van der Waals surface area (Å²) in [5, 5.41) is 2.79. The molecule has 1 amide bonds. The zero-order valence-electron chi connectivity index (χ0n) is 8.73. The van der Waals surface area contributed by atoms with E-state index in [0.29, 0.717) is 16.3 Å². The minimum Gasteiger partial charge on any atom is -0.397 e. The lowest BCUT2D eigenvalue weighted by Gasteiger charge is -2.09. The predicted molar refractivity (Wildman–Crippen MR) is 65.7 cm³/mol. The molecule has 0 radical (unpaired) electrons. The van der Waals surface area contributed by atoms with Crippen molar-refractivity contribution in [3.05, 3.63) is 40.3 Å². The monoisotopic (exact) mass is 233 g/mol. The highest BCUT2D eigenvalue weighted by molar-refractivity contribution is 7.11. The summed E-state index contributed by atoms with van der Waals surface area (Å²) >= 11 is 1.30. The molecule has 0 aliphatic rings. The van der Waals surface area contributed by atoms with Crippen molar-refractivity contribution in [2.75, 3.05) is 11.1 Å². The van der Waals surface area contributed by atoms with Crippen molar-refractivity contribution in [2.45, 2.75) is 6.92 Å². The first-order valence-electron chi connectivity index (χ1n) is 4.73. The second-order valence-electron chi connectivity index (χ2n) is 3.36. The molecule has 1 aromatic heterocycles. The van der Waals surface area contributed by atoms with Gasteiger partial charge in [0.15, 0.2) is 0 Å². The van der Waals surface area contributed by atoms with Crippen molar-refractivity contribution in [1.82, 2.24) is 4.98 Å². The number of benzene rings is 1. The Balaban J connectivity index is 2.25. The van der Waals surface area contributed by atoms with Gasteiger partial charge in [0.1, 0.15) is 4.88 Å². The number of rotatable bonds is 2. The largest absolute Gasteiger partial charge is 0.397 e. The van der Waals surface area contributed by atoms with Gasteiger partial charge in [-0.05, 0) is 18.6 Å². The van der Waals surface area contributed by atoms with Crippen LogP contribution in [0.4, 0.5) is 11.4 Å². The minimum atomic E-state index is -0.177. The Bertz CT molecular complexity index is 488. The van der Waals surface area contributed by atoms with Crippen LogP contribution in [0.1, 0.15) is 15.2 Å². The topological polar surface area (TPSA) is 68.0 Å². The van der Waals surface area contributed by atoms with Gasteiger partial charge in [-0.15, -0.1) is 11.3 Å². The smallest absolute Gasteiger partial charge is 0.267 e. The van der Waals surface area contributed by atoms with Gasteiger partial charge in [-0.2, -0.15) is 0 Å². The van der Waals surface area contributed by atoms with Crippen LogP contribution in [0.3, 0.4) is 0 Å². The third-order valence-electron chi connectivity index (χ3n) is 2.20. The molecule has 0 aliphatic heterocycles. The lowest BCUT2D eigenvalue weighted by molar-refractivity contribution is 0.103. The summed E-state index contributed by atoms with van der Waals surface area (Å²) in [7, 11) is 0.